The Balaban J connectivity index is 2.10. The van der Waals surface area contributed by atoms with Crippen LogP contribution in [0.4, 0.5) is 0 Å². The van der Waals surface area contributed by atoms with E-state index in [1.165, 1.54) is 18.2 Å². The molecule has 134 valence electrons. The normalized spacial score (nSPS) is 12.8. The molecule has 0 aliphatic carbocycles. The van der Waals surface area contributed by atoms with Crippen molar-refractivity contribution in [1.29, 1.82) is 0 Å². The molecule has 0 heterocycles. The molecule has 2 aromatic rings. The fraction of sp³-hybridized carbons (Fsp3) is 0.235. The zero-order chi connectivity index (χ0) is 18.6. The number of amides is 1. The number of rotatable bonds is 6. The highest BCUT2D eigenvalue weighted by Gasteiger charge is 2.26. The predicted octanol–water partition coefficient (Wildman–Crippen LogP) is 3.32. The van der Waals surface area contributed by atoms with Crippen molar-refractivity contribution in [3.8, 4) is 0 Å². The summed E-state index contributed by atoms with van der Waals surface area (Å²) in [6.45, 7) is 2.14. The molecule has 0 saturated carbocycles. The number of halogens is 2. The van der Waals surface area contributed by atoms with Crippen LogP contribution in [-0.2, 0) is 21.4 Å². The van der Waals surface area contributed by atoms with Gasteiger partial charge in [-0.15, -0.1) is 0 Å². The van der Waals surface area contributed by atoms with Crippen molar-refractivity contribution < 1.29 is 13.2 Å². The second-order valence-electron chi connectivity index (χ2n) is 5.62. The van der Waals surface area contributed by atoms with Crippen molar-refractivity contribution in [2.24, 2.45) is 0 Å². The SMILES string of the molecule is C[C@H](C(=O)NS(=O)(=O)c1cc(Cl)ccc1Cl)N(C)Cc1ccccc1. The van der Waals surface area contributed by atoms with Crippen molar-refractivity contribution in [2.75, 3.05) is 7.05 Å². The van der Waals surface area contributed by atoms with Crippen LogP contribution < -0.4 is 4.72 Å². The number of benzene rings is 2. The Hall–Kier alpha value is -1.60. The molecular formula is C17H18Cl2N2O3S. The molecule has 25 heavy (non-hydrogen) atoms. The van der Waals surface area contributed by atoms with Gasteiger partial charge in [0.2, 0.25) is 0 Å². The number of carbonyl (C=O) groups excluding carboxylic acids is 1. The topological polar surface area (TPSA) is 66.5 Å². The van der Waals surface area contributed by atoms with Gasteiger partial charge in [0.05, 0.1) is 11.1 Å². The summed E-state index contributed by atoms with van der Waals surface area (Å²) in [4.78, 5) is 13.9. The summed E-state index contributed by atoms with van der Waals surface area (Å²) >= 11 is 11.7. The Morgan fingerprint density at radius 1 is 1.16 bits per heavy atom. The van der Waals surface area contributed by atoms with Crippen molar-refractivity contribution in [2.45, 2.75) is 24.4 Å². The van der Waals surface area contributed by atoms with Gasteiger partial charge in [-0.2, -0.15) is 0 Å². The second kappa shape index (κ2) is 8.19. The van der Waals surface area contributed by atoms with Crippen LogP contribution in [0.3, 0.4) is 0 Å². The molecule has 0 radical (unpaired) electrons. The molecule has 0 fully saturated rings. The van der Waals surface area contributed by atoms with Gasteiger partial charge in [-0.05, 0) is 37.7 Å². The largest absolute Gasteiger partial charge is 0.291 e. The minimum Gasteiger partial charge on any atom is -0.291 e. The Morgan fingerprint density at radius 3 is 2.44 bits per heavy atom. The van der Waals surface area contributed by atoms with E-state index in [2.05, 4.69) is 4.72 Å². The molecule has 1 atom stereocenters. The predicted molar refractivity (Wildman–Crippen MR) is 99.2 cm³/mol. The fourth-order valence-corrected chi connectivity index (χ4v) is 3.98. The van der Waals surface area contributed by atoms with Crippen LogP contribution in [0, 0.1) is 0 Å². The molecule has 0 aliphatic rings. The van der Waals surface area contributed by atoms with Gasteiger partial charge in [-0.3, -0.25) is 9.69 Å². The minimum atomic E-state index is -4.11. The van der Waals surface area contributed by atoms with Crippen LogP contribution in [-0.4, -0.2) is 32.3 Å². The average molecular weight is 401 g/mol. The number of hydrogen-bond donors (Lipinski definition) is 1. The first-order valence-corrected chi connectivity index (χ1v) is 9.70. The molecular weight excluding hydrogens is 383 g/mol. The summed E-state index contributed by atoms with van der Waals surface area (Å²) in [6, 6.07) is 13.0. The summed E-state index contributed by atoms with van der Waals surface area (Å²) in [5.74, 6) is -0.644. The first-order chi connectivity index (χ1) is 11.7. The molecule has 5 nitrogen and oxygen atoms in total. The van der Waals surface area contributed by atoms with Crippen molar-refractivity contribution in [3.63, 3.8) is 0 Å². The monoisotopic (exact) mass is 400 g/mol. The van der Waals surface area contributed by atoms with E-state index in [4.69, 9.17) is 23.2 Å². The molecule has 0 saturated heterocycles. The van der Waals surface area contributed by atoms with E-state index in [1.807, 2.05) is 30.3 Å². The Bertz CT molecular complexity index is 857. The highest BCUT2D eigenvalue weighted by Crippen LogP contribution is 2.24. The van der Waals surface area contributed by atoms with Crippen LogP contribution in [0.5, 0.6) is 0 Å². The van der Waals surface area contributed by atoms with Crippen molar-refractivity contribution in [1.82, 2.24) is 9.62 Å². The van der Waals surface area contributed by atoms with E-state index >= 15 is 0 Å². The third-order valence-corrected chi connectivity index (χ3v) is 5.80. The van der Waals surface area contributed by atoms with Crippen molar-refractivity contribution >= 4 is 39.1 Å². The maximum absolute atomic E-state index is 12.4. The lowest BCUT2D eigenvalue weighted by Gasteiger charge is -2.24. The van der Waals surface area contributed by atoms with Gasteiger partial charge in [0, 0.05) is 11.6 Å². The maximum Gasteiger partial charge on any atom is 0.265 e. The van der Waals surface area contributed by atoms with Gasteiger partial charge in [0.25, 0.3) is 15.9 Å². The summed E-state index contributed by atoms with van der Waals surface area (Å²) < 4.78 is 26.9. The zero-order valence-corrected chi connectivity index (χ0v) is 16.1. The van der Waals surface area contributed by atoms with Crippen molar-refractivity contribution in [3.05, 3.63) is 64.1 Å². The molecule has 0 bridgehead atoms. The van der Waals surface area contributed by atoms with Crippen LogP contribution in [0.15, 0.2) is 53.4 Å². The van der Waals surface area contributed by atoms with E-state index in [0.29, 0.717) is 6.54 Å². The first-order valence-electron chi connectivity index (χ1n) is 7.46. The van der Waals surface area contributed by atoms with Gasteiger partial charge in [-0.25, -0.2) is 13.1 Å². The molecule has 0 spiro atoms. The van der Waals surface area contributed by atoms with E-state index in [0.717, 1.165) is 5.56 Å². The lowest BCUT2D eigenvalue weighted by Crippen LogP contribution is -2.45. The van der Waals surface area contributed by atoms with E-state index < -0.39 is 22.0 Å². The lowest BCUT2D eigenvalue weighted by molar-refractivity contribution is -0.123. The smallest absolute Gasteiger partial charge is 0.265 e. The first kappa shape index (κ1) is 19.7. The number of nitrogens with zero attached hydrogens (tertiary/aromatic N) is 1. The Morgan fingerprint density at radius 2 is 1.80 bits per heavy atom. The van der Waals surface area contributed by atoms with E-state index in [1.54, 1.807) is 18.9 Å². The quantitative estimate of drug-likeness (QED) is 0.807. The van der Waals surface area contributed by atoms with Crippen LogP contribution in [0.25, 0.3) is 0 Å². The van der Waals surface area contributed by atoms with Gasteiger partial charge in [-0.1, -0.05) is 53.5 Å². The standard InChI is InChI=1S/C17H18Cl2N2O3S/c1-12(21(2)11-13-6-4-3-5-7-13)17(22)20-25(23,24)16-10-14(18)8-9-15(16)19/h3-10,12H,11H2,1-2H3,(H,20,22)/t12-/m1/s1. The molecule has 1 N–H and O–H groups in total. The van der Waals surface area contributed by atoms with Gasteiger partial charge in [0.1, 0.15) is 4.90 Å². The summed E-state index contributed by atoms with van der Waals surface area (Å²) in [7, 11) is -2.36. The van der Waals surface area contributed by atoms with Gasteiger partial charge >= 0.3 is 0 Å². The molecule has 0 unspecified atom stereocenters. The van der Waals surface area contributed by atoms with Crippen LogP contribution in [0.2, 0.25) is 10.0 Å². The highest BCUT2D eigenvalue weighted by molar-refractivity contribution is 7.90. The number of carbonyl (C=O) groups is 1. The second-order valence-corrected chi connectivity index (χ2v) is 8.12. The average Bonchev–Trinajstić information content (AvgIpc) is 2.56. The summed E-state index contributed by atoms with van der Waals surface area (Å²) in [5, 5.41) is 0.210. The fourth-order valence-electron chi connectivity index (χ4n) is 2.16. The molecule has 0 aromatic heterocycles. The number of nitrogens with one attached hydrogen (secondary N) is 1. The van der Waals surface area contributed by atoms with E-state index in [9.17, 15) is 13.2 Å². The minimum absolute atomic E-state index is 0.00464. The number of hydrogen-bond acceptors (Lipinski definition) is 4. The molecule has 2 rings (SSSR count). The Kier molecular flexibility index (Phi) is 6.46. The highest BCUT2D eigenvalue weighted by atomic mass is 35.5. The molecule has 8 heteroatoms. The molecule has 2 aromatic carbocycles. The summed E-state index contributed by atoms with van der Waals surface area (Å²) in [6.07, 6.45) is 0. The van der Waals surface area contributed by atoms with Crippen LogP contribution >= 0.6 is 23.2 Å². The third kappa shape index (κ3) is 5.19. The molecule has 0 aliphatic heterocycles. The van der Waals surface area contributed by atoms with Crippen LogP contribution in [0.1, 0.15) is 12.5 Å². The van der Waals surface area contributed by atoms with Gasteiger partial charge in [0.15, 0.2) is 0 Å². The third-order valence-electron chi connectivity index (χ3n) is 3.73. The Labute approximate surface area is 157 Å². The lowest BCUT2D eigenvalue weighted by atomic mass is 10.2. The van der Waals surface area contributed by atoms with Gasteiger partial charge < -0.3 is 0 Å². The molecule has 1 amide bonds. The maximum atomic E-state index is 12.4. The summed E-state index contributed by atoms with van der Waals surface area (Å²) in [5.41, 5.74) is 1.02. The number of likely N-dealkylation sites (N-methyl/N-ethyl adjacent to an activating group) is 1. The van der Waals surface area contributed by atoms with E-state index in [-0.39, 0.29) is 14.9 Å². The zero-order valence-electron chi connectivity index (χ0n) is 13.7. The number of sulfonamides is 1.